The summed E-state index contributed by atoms with van der Waals surface area (Å²) in [5, 5.41) is 0. The van der Waals surface area contributed by atoms with Crippen molar-refractivity contribution in [3.05, 3.63) is 23.8 Å². The molecule has 1 rings (SSSR count). The second-order valence-electron chi connectivity index (χ2n) is 7.74. The molecule has 0 aromatic heterocycles. The zero-order valence-corrected chi connectivity index (χ0v) is 16.3. The van der Waals surface area contributed by atoms with E-state index in [1.165, 1.54) is 32.6 Å². The highest BCUT2D eigenvalue weighted by molar-refractivity contribution is 5.89. The van der Waals surface area contributed by atoms with Crippen LogP contribution in [0.25, 0.3) is 0 Å². The molecule has 0 aliphatic heterocycles. The van der Waals surface area contributed by atoms with Crippen LogP contribution in [-0.2, 0) is 19.1 Å². The Balaban J connectivity index is 2.86. The van der Waals surface area contributed by atoms with Gasteiger partial charge in [-0.05, 0) is 52.5 Å². The first-order chi connectivity index (χ1) is 11.8. The van der Waals surface area contributed by atoms with Gasteiger partial charge < -0.3 is 9.47 Å². The molecular formula is C21H34O4. The number of allylic oxidation sites excluding steroid dienone is 2. The zero-order chi connectivity index (χ0) is 18.7. The van der Waals surface area contributed by atoms with E-state index in [0.717, 1.165) is 32.1 Å². The molecule has 0 heterocycles. The summed E-state index contributed by atoms with van der Waals surface area (Å²) in [4.78, 5) is 23.7. The molecule has 1 aliphatic carbocycles. The van der Waals surface area contributed by atoms with E-state index < -0.39 is 5.60 Å². The van der Waals surface area contributed by atoms with Gasteiger partial charge in [0, 0.05) is 12.5 Å². The summed E-state index contributed by atoms with van der Waals surface area (Å²) >= 11 is 0. The molecule has 0 spiro atoms. The van der Waals surface area contributed by atoms with Crippen LogP contribution in [0.15, 0.2) is 23.8 Å². The molecule has 1 unspecified atom stereocenters. The first-order valence-corrected chi connectivity index (χ1v) is 9.56. The molecule has 1 aliphatic rings. The molecule has 0 radical (unpaired) electrons. The lowest BCUT2D eigenvalue weighted by atomic mass is 10.0. The minimum absolute atomic E-state index is 0.225. The number of carbonyl (C=O) groups is 2. The second kappa shape index (κ2) is 11.1. The maximum Gasteiger partial charge on any atom is 0.334 e. The third-order valence-corrected chi connectivity index (χ3v) is 4.04. The molecule has 0 aromatic carbocycles. The van der Waals surface area contributed by atoms with Gasteiger partial charge in [-0.1, -0.05) is 44.3 Å². The van der Waals surface area contributed by atoms with Gasteiger partial charge in [0.1, 0.15) is 11.7 Å². The molecule has 1 atom stereocenters. The Morgan fingerprint density at radius 3 is 2.20 bits per heavy atom. The monoisotopic (exact) mass is 350 g/mol. The number of ether oxygens (including phenoxy) is 2. The molecule has 4 heteroatoms. The van der Waals surface area contributed by atoms with Gasteiger partial charge in [0.2, 0.25) is 0 Å². The Labute approximate surface area is 152 Å². The Hall–Kier alpha value is -1.58. The molecule has 0 aromatic rings. The average Bonchev–Trinajstić information content (AvgIpc) is 2.48. The van der Waals surface area contributed by atoms with Gasteiger partial charge in [0.05, 0.1) is 0 Å². The lowest BCUT2D eigenvalue weighted by Gasteiger charge is -2.20. The molecule has 0 fully saturated rings. The summed E-state index contributed by atoms with van der Waals surface area (Å²) in [6.45, 7) is 7.06. The maximum atomic E-state index is 12.4. The van der Waals surface area contributed by atoms with Crippen molar-refractivity contribution in [2.24, 2.45) is 0 Å². The molecule has 4 nitrogen and oxygen atoms in total. The molecule has 0 saturated heterocycles. The minimum atomic E-state index is -0.499. The summed E-state index contributed by atoms with van der Waals surface area (Å²) in [5.74, 6) is -0.527. The predicted molar refractivity (Wildman–Crippen MR) is 100 cm³/mol. The normalized spacial score (nSPS) is 24.3. The summed E-state index contributed by atoms with van der Waals surface area (Å²) < 4.78 is 10.9. The standard InChI is InChI=1S/C21H34O4/c1-17(22)24-19-15-11-9-7-5-6-8-10-13-18(14-12-16-19)20(23)25-21(2,3)4/h12,14,16,19H,5-11,13,15H2,1-4H3/b16-12-,18-14-. The Kier molecular flexibility index (Phi) is 9.54. The summed E-state index contributed by atoms with van der Waals surface area (Å²) in [6.07, 6.45) is 14.8. The van der Waals surface area contributed by atoms with Gasteiger partial charge in [-0.3, -0.25) is 4.79 Å². The lowest BCUT2D eigenvalue weighted by molar-refractivity contribution is -0.150. The van der Waals surface area contributed by atoms with Crippen LogP contribution in [0.4, 0.5) is 0 Å². The molecular weight excluding hydrogens is 316 g/mol. The van der Waals surface area contributed by atoms with Gasteiger partial charge in [0.25, 0.3) is 0 Å². The van der Waals surface area contributed by atoms with Crippen molar-refractivity contribution >= 4 is 11.9 Å². The van der Waals surface area contributed by atoms with E-state index in [9.17, 15) is 9.59 Å². The largest absolute Gasteiger partial charge is 0.458 e. The van der Waals surface area contributed by atoms with Crippen molar-refractivity contribution < 1.29 is 19.1 Å². The molecule has 142 valence electrons. The van der Waals surface area contributed by atoms with Crippen LogP contribution in [0.2, 0.25) is 0 Å². The fourth-order valence-electron chi connectivity index (χ4n) is 2.85. The highest BCUT2D eigenvalue weighted by Crippen LogP contribution is 2.19. The summed E-state index contributed by atoms with van der Waals surface area (Å²) in [5.41, 5.74) is 0.186. The first-order valence-electron chi connectivity index (χ1n) is 9.56. The van der Waals surface area contributed by atoms with E-state index >= 15 is 0 Å². The molecule has 25 heavy (non-hydrogen) atoms. The first kappa shape index (κ1) is 21.5. The molecule has 0 amide bonds. The topological polar surface area (TPSA) is 52.6 Å². The number of rotatable bonds is 2. The molecule has 0 saturated carbocycles. The van der Waals surface area contributed by atoms with E-state index in [2.05, 4.69) is 0 Å². The molecule has 0 N–H and O–H groups in total. The van der Waals surface area contributed by atoms with Crippen molar-refractivity contribution in [1.82, 2.24) is 0 Å². The van der Waals surface area contributed by atoms with E-state index in [1.807, 2.05) is 39.0 Å². The van der Waals surface area contributed by atoms with E-state index in [-0.39, 0.29) is 18.0 Å². The Morgan fingerprint density at radius 2 is 1.60 bits per heavy atom. The van der Waals surface area contributed by atoms with Gasteiger partial charge in [-0.25, -0.2) is 4.79 Å². The third-order valence-electron chi connectivity index (χ3n) is 4.04. The van der Waals surface area contributed by atoms with Crippen molar-refractivity contribution in [2.75, 3.05) is 0 Å². The smallest absolute Gasteiger partial charge is 0.334 e. The third kappa shape index (κ3) is 10.8. The number of carbonyl (C=O) groups excluding carboxylic acids is 2. The number of hydrogen-bond acceptors (Lipinski definition) is 4. The SMILES string of the molecule is CC(=O)OC1/C=C\C=C(/C(=O)OC(C)(C)C)CCCCCCCCC1. The Morgan fingerprint density at radius 1 is 1.00 bits per heavy atom. The van der Waals surface area contributed by atoms with Gasteiger partial charge in [-0.15, -0.1) is 0 Å². The van der Waals surface area contributed by atoms with E-state index in [4.69, 9.17) is 9.47 Å². The average molecular weight is 350 g/mol. The van der Waals surface area contributed by atoms with Crippen LogP contribution < -0.4 is 0 Å². The van der Waals surface area contributed by atoms with Crippen LogP contribution in [0.5, 0.6) is 0 Å². The van der Waals surface area contributed by atoms with E-state index in [0.29, 0.717) is 5.57 Å². The number of hydrogen-bond donors (Lipinski definition) is 0. The van der Waals surface area contributed by atoms with Gasteiger partial charge >= 0.3 is 11.9 Å². The fourth-order valence-corrected chi connectivity index (χ4v) is 2.85. The second-order valence-corrected chi connectivity index (χ2v) is 7.74. The zero-order valence-electron chi connectivity index (χ0n) is 16.3. The van der Waals surface area contributed by atoms with Gasteiger partial charge in [-0.2, -0.15) is 0 Å². The summed E-state index contributed by atoms with van der Waals surface area (Å²) in [6, 6.07) is 0. The predicted octanol–water partition coefficient (Wildman–Crippen LogP) is 5.27. The number of esters is 2. The van der Waals surface area contributed by atoms with E-state index in [1.54, 1.807) is 0 Å². The lowest BCUT2D eigenvalue weighted by Crippen LogP contribution is -2.25. The van der Waals surface area contributed by atoms with Crippen molar-refractivity contribution in [1.29, 1.82) is 0 Å². The Bertz CT molecular complexity index is 483. The molecule has 0 bridgehead atoms. The van der Waals surface area contributed by atoms with Gasteiger partial charge in [0.15, 0.2) is 0 Å². The minimum Gasteiger partial charge on any atom is -0.458 e. The van der Waals surface area contributed by atoms with Crippen LogP contribution in [0.3, 0.4) is 0 Å². The van der Waals surface area contributed by atoms with Crippen LogP contribution in [-0.4, -0.2) is 23.6 Å². The highest BCUT2D eigenvalue weighted by atomic mass is 16.6. The van der Waals surface area contributed by atoms with Crippen LogP contribution in [0, 0.1) is 0 Å². The highest BCUT2D eigenvalue weighted by Gasteiger charge is 2.19. The van der Waals surface area contributed by atoms with Crippen molar-refractivity contribution in [3.8, 4) is 0 Å². The maximum absolute atomic E-state index is 12.4. The quantitative estimate of drug-likeness (QED) is 0.637. The summed E-state index contributed by atoms with van der Waals surface area (Å²) in [7, 11) is 0. The van der Waals surface area contributed by atoms with Crippen molar-refractivity contribution in [2.45, 2.75) is 97.2 Å². The van der Waals surface area contributed by atoms with Crippen LogP contribution in [0.1, 0.15) is 85.5 Å². The van der Waals surface area contributed by atoms with Crippen molar-refractivity contribution in [3.63, 3.8) is 0 Å². The fraction of sp³-hybridized carbons (Fsp3) is 0.714. The van der Waals surface area contributed by atoms with Crippen LogP contribution >= 0.6 is 0 Å².